The van der Waals surface area contributed by atoms with E-state index in [4.69, 9.17) is 4.42 Å². The van der Waals surface area contributed by atoms with Gasteiger partial charge in [0.1, 0.15) is 0 Å². The number of hydrogen-bond donors (Lipinski definition) is 3. The molecule has 3 amide bonds. The summed E-state index contributed by atoms with van der Waals surface area (Å²) in [5, 5.41) is 8.52. The van der Waals surface area contributed by atoms with Crippen molar-refractivity contribution < 1.29 is 14.0 Å². The molecule has 126 valence electrons. The number of nitrogens with one attached hydrogen (secondary N) is 3. The van der Waals surface area contributed by atoms with E-state index in [-0.39, 0.29) is 23.7 Å². The lowest BCUT2D eigenvalue weighted by Crippen LogP contribution is -2.39. The van der Waals surface area contributed by atoms with E-state index in [1.165, 1.54) is 6.26 Å². The van der Waals surface area contributed by atoms with E-state index in [9.17, 15) is 9.59 Å². The maximum atomic E-state index is 12.0. The van der Waals surface area contributed by atoms with Gasteiger partial charge in [-0.3, -0.25) is 4.79 Å². The van der Waals surface area contributed by atoms with Gasteiger partial charge in [0, 0.05) is 17.4 Å². The predicted molar refractivity (Wildman–Crippen MR) is 95.6 cm³/mol. The standard InChI is InChI=1S/C17H19N3O3S/c21-16(15-2-1-9-23-15)18-12-3-5-13(6-4-12)19-17(22)20-14-7-10-24-11-8-14/h1-6,9,14H,7-8,10-11H2,(H,18,21)(H2,19,20,22). The van der Waals surface area contributed by atoms with E-state index in [2.05, 4.69) is 16.0 Å². The van der Waals surface area contributed by atoms with Crippen LogP contribution >= 0.6 is 11.8 Å². The second-order valence-corrected chi connectivity index (χ2v) is 6.72. The summed E-state index contributed by atoms with van der Waals surface area (Å²) >= 11 is 1.92. The third kappa shape index (κ3) is 4.55. The summed E-state index contributed by atoms with van der Waals surface area (Å²) in [5.74, 6) is 2.13. The van der Waals surface area contributed by atoms with E-state index in [1.807, 2.05) is 11.8 Å². The molecule has 3 rings (SSSR count). The van der Waals surface area contributed by atoms with Crippen molar-refractivity contribution >= 4 is 35.1 Å². The van der Waals surface area contributed by atoms with Gasteiger partial charge in [-0.25, -0.2) is 4.79 Å². The van der Waals surface area contributed by atoms with Crippen molar-refractivity contribution in [3.63, 3.8) is 0 Å². The largest absolute Gasteiger partial charge is 0.459 e. The van der Waals surface area contributed by atoms with E-state index in [1.54, 1.807) is 36.4 Å². The van der Waals surface area contributed by atoms with Crippen LogP contribution in [-0.4, -0.2) is 29.5 Å². The van der Waals surface area contributed by atoms with Gasteiger partial charge in [0.2, 0.25) is 0 Å². The predicted octanol–water partition coefficient (Wildman–Crippen LogP) is 3.55. The fourth-order valence-electron chi connectivity index (χ4n) is 2.43. The smallest absolute Gasteiger partial charge is 0.319 e. The first-order chi connectivity index (χ1) is 11.7. The van der Waals surface area contributed by atoms with Crippen LogP contribution in [0.1, 0.15) is 23.4 Å². The number of rotatable bonds is 4. The first kappa shape index (κ1) is 16.4. The van der Waals surface area contributed by atoms with E-state index < -0.39 is 0 Å². The summed E-state index contributed by atoms with van der Waals surface area (Å²) in [6.07, 6.45) is 3.47. The quantitative estimate of drug-likeness (QED) is 0.791. The zero-order valence-corrected chi connectivity index (χ0v) is 13.9. The van der Waals surface area contributed by atoms with E-state index in [0.29, 0.717) is 11.4 Å². The van der Waals surface area contributed by atoms with Crippen molar-refractivity contribution in [1.82, 2.24) is 5.32 Å². The highest BCUT2D eigenvalue weighted by Crippen LogP contribution is 2.18. The first-order valence-corrected chi connectivity index (χ1v) is 8.96. The maximum absolute atomic E-state index is 12.0. The molecule has 2 aromatic rings. The number of carbonyl (C=O) groups excluding carboxylic acids is 2. The second-order valence-electron chi connectivity index (χ2n) is 5.49. The maximum Gasteiger partial charge on any atom is 0.319 e. The van der Waals surface area contributed by atoms with Gasteiger partial charge < -0.3 is 20.4 Å². The Morgan fingerprint density at radius 1 is 1.00 bits per heavy atom. The number of thioether (sulfide) groups is 1. The summed E-state index contributed by atoms with van der Waals surface area (Å²) in [5.41, 5.74) is 1.31. The molecule has 6 nitrogen and oxygen atoms in total. The van der Waals surface area contributed by atoms with Gasteiger partial charge in [0.05, 0.1) is 6.26 Å². The molecular weight excluding hydrogens is 326 g/mol. The summed E-state index contributed by atoms with van der Waals surface area (Å²) in [6, 6.07) is 10.3. The molecule has 1 aromatic carbocycles. The van der Waals surface area contributed by atoms with Crippen molar-refractivity contribution in [3.05, 3.63) is 48.4 Å². The molecule has 1 saturated heterocycles. The highest BCUT2D eigenvalue weighted by Gasteiger charge is 2.16. The molecular formula is C17H19N3O3S. The Bertz CT molecular complexity index is 680. The van der Waals surface area contributed by atoms with Crippen LogP contribution in [0.4, 0.5) is 16.2 Å². The minimum Gasteiger partial charge on any atom is -0.459 e. The summed E-state index contributed by atoms with van der Waals surface area (Å²) in [7, 11) is 0. The Morgan fingerprint density at radius 3 is 2.29 bits per heavy atom. The van der Waals surface area contributed by atoms with Gasteiger partial charge in [-0.05, 0) is 60.7 Å². The van der Waals surface area contributed by atoms with Crippen molar-refractivity contribution in [2.45, 2.75) is 18.9 Å². The molecule has 2 heterocycles. The van der Waals surface area contributed by atoms with Crippen molar-refractivity contribution in [2.24, 2.45) is 0 Å². The molecule has 0 saturated carbocycles. The highest BCUT2D eigenvalue weighted by molar-refractivity contribution is 7.99. The molecule has 1 aliphatic rings. The van der Waals surface area contributed by atoms with Crippen LogP contribution in [0.5, 0.6) is 0 Å². The molecule has 1 aliphatic heterocycles. The number of carbonyl (C=O) groups is 2. The molecule has 0 spiro atoms. The molecule has 24 heavy (non-hydrogen) atoms. The van der Waals surface area contributed by atoms with Crippen molar-refractivity contribution in [1.29, 1.82) is 0 Å². The molecule has 7 heteroatoms. The average molecular weight is 345 g/mol. The third-order valence-corrected chi connectivity index (χ3v) is 4.75. The number of anilines is 2. The number of amides is 3. The normalized spacial score (nSPS) is 14.8. The number of benzene rings is 1. The third-order valence-electron chi connectivity index (χ3n) is 3.70. The lowest BCUT2D eigenvalue weighted by atomic mass is 10.2. The van der Waals surface area contributed by atoms with E-state index >= 15 is 0 Å². The van der Waals surface area contributed by atoms with Gasteiger partial charge in [-0.2, -0.15) is 11.8 Å². The number of furan rings is 1. The molecule has 0 unspecified atom stereocenters. The minimum absolute atomic E-state index is 0.195. The first-order valence-electron chi connectivity index (χ1n) is 7.81. The van der Waals surface area contributed by atoms with Crippen LogP contribution in [0.2, 0.25) is 0 Å². The lowest BCUT2D eigenvalue weighted by Gasteiger charge is -2.22. The van der Waals surface area contributed by atoms with Gasteiger partial charge in [-0.1, -0.05) is 0 Å². The molecule has 3 N–H and O–H groups in total. The summed E-state index contributed by atoms with van der Waals surface area (Å²) in [6.45, 7) is 0. The minimum atomic E-state index is -0.311. The van der Waals surface area contributed by atoms with Crippen LogP contribution in [0.15, 0.2) is 47.1 Å². The Hall–Kier alpha value is -2.41. The Balaban J connectivity index is 1.50. The fourth-order valence-corrected chi connectivity index (χ4v) is 3.54. The van der Waals surface area contributed by atoms with E-state index in [0.717, 1.165) is 24.3 Å². The van der Waals surface area contributed by atoms with Crippen molar-refractivity contribution in [2.75, 3.05) is 22.1 Å². The monoisotopic (exact) mass is 345 g/mol. The summed E-state index contributed by atoms with van der Waals surface area (Å²) in [4.78, 5) is 23.9. The van der Waals surface area contributed by atoms with Crippen LogP contribution in [0, 0.1) is 0 Å². The molecule has 1 fully saturated rings. The van der Waals surface area contributed by atoms with Crippen molar-refractivity contribution in [3.8, 4) is 0 Å². The van der Waals surface area contributed by atoms with Gasteiger partial charge in [-0.15, -0.1) is 0 Å². The average Bonchev–Trinajstić information content (AvgIpc) is 3.12. The Morgan fingerprint density at radius 2 is 1.67 bits per heavy atom. The molecule has 0 bridgehead atoms. The van der Waals surface area contributed by atoms with Crippen LogP contribution in [-0.2, 0) is 0 Å². The molecule has 0 aliphatic carbocycles. The van der Waals surface area contributed by atoms with Gasteiger partial charge in [0.15, 0.2) is 5.76 Å². The van der Waals surface area contributed by atoms with Crippen LogP contribution in [0.25, 0.3) is 0 Å². The van der Waals surface area contributed by atoms with Crippen LogP contribution < -0.4 is 16.0 Å². The number of hydrogen-bond acceptors (Lipinski definition) is 4. The molecule has 1 aromatic heterocycles. The lowest BCUT2D eigenvalue weighted by molar-refractivity contribution is 0.0996. The Kier molecular flexibility index (Phi) is 5.43. The number of urea groups is 1. The SMILES string of the molecule is O=C(Nc1ccc(NC(=O)c2ccco2)cc1)NC1CCSCC1. The topological polar surface area (TPSA) is 83.4 Å². The van der Waals surface area contributed by atoms with Crippen LogP contribution in [0.3, 0.4) is 0 Å². The summed E-state index contributed by atoms with van der Waals surface area (Å²) < 4.78 is 5.04. The zero-order chi connectivity index (χ0) is 16.8. The molecule has 0 atom stereocenters. The second kappa shape index (κ2) is 7.92. The van der Waals surface area contributed by atoms with Gasteiger partial charge in [0.25, 0.3) is 5.91 Å². The highest BCUT2D eigenvalue weighted by atomic mass is 32.2. The zero-order valence-electron chi connectivity index (χ0n) is 13.1. The Labute approximate surface area is 144 Å². The van der Waals surface area contributed by atoms with Gasteiger partial charge >= 0.3 is 6.03 Å². The molecule has 0 radical (unpaired) electrons. The fraction of sp³-hybridized carbons (Fsp3) is 0.294.